The predicted octanol–water partition coefficient (Wildman–Crippen LogP) is 3.10. The van der Waals surface area contributed by atoms with Gasteiger partial charge in [-0.1, -0.05) is 24.3 Å². The molecular formula is C23H36IN5O3. The number of likely N-dealkylation sites (tertiary alicyclic amines) is 1. The van der Waals surface area contributed by atoms with Crippen molar-refractivity contribution in [1.29, 1.82) is 0 Å². The largest absolute Gasteiger partial charge is 0.444 e. The van der Waals surface area contributed by atoms with Crippen molar-refractivity contribution >= 4 is 41.9 Å². The first-order valence-corrected chi connectivity index (χ1v) is 11.0. The third-order valence-corrected chi connectivity index (χ3v) is 5.46. The molecule has 1 fully saturated rings. The van der Waals surface area contributed by atoms with Crippen molar-refractivity contribution in [3.8, 4) is 0 Å². The number of alkyl carbamates (subject to hydrolysis) is 1. The number of amides is 2. The van der Waals surface area contributed by atoms with E-state index in [-0.39, 0.29) is 42.0 Å². The standard InChI is InChI=1S/C23H35N5O3.HI/c1-23(2,3)31-22(30)26-19-11-13-27(16-19)21(24-4)25-12-7-10-20(29)28-14-17-8-5-6-9-18(17)15-28;/h5-6,8-9,19H,7,10-16H2,1-4H3,(H,24,25)(H,26,30);1H. The van der Waals surface area contributed by atoms with Gasteiger partial charge in [-0.15, -0.1) is 24.0 Å². The van der Waals surface area contributed by atoms with Gasteiger partial charge in [0, 0.05) is 46.2 Å². The number of carbonyl (C=O) groups excluding carboxylic acids is 2. The first-order chi connectivity index (χ1) is 14.7. The molecule has 0 radical (unpaired) electrons. The Kier molecular flexibility index (Phi) is 9.60. The number of ether oxygens (including phenoxy) is 1. The van der Waals surface area contributed by atoms with Crippen molar-refractivity contribution in [2.24, 2.45) is 4.99 Å². The van der Waals surface area contributed by atoms with Crippen LogP contribution >= 0.6 is 24.0 Å². The van der Waals surface area contributed by atoms with Crippen LogP contribution in [0.1, 0.15) is 51.2 Å². The van der Waals surface area contributed by atoms with E-state index in [1.54, 1.807) is 7.05 Å². The molecule has 3 rings (SSSR count). The van der Waals surface area contributed by atoms with E-state index in [0.29, 0.717) is 32.6 Å². The topological polar surface area (TPSA) is 86.3 Å². The van der Waals surface area contributed by atoms with Crippen molar-refractivity contribution in [2.75, 3.05) is 26.7 Å². The van der Waals surface area contributed by atoms with Gasteiger partial charge in [-0.05, 0) is 44.7 Å². The lowest BCUT2D eigenvalue weighted by Gasteiger charge is -2.23. The van der Waals surface area contributed by atoms with Gasteiger partial charge in [0.25, 0.3) is 0 Å². The van der Waals surface area contributed by atoms with Gasteiger partial charge in [-0.2, -0.15) is 0 Å². The second-order valence-electron chi connectivity index (χ2n) is 9.17. The summed E-state index contributed by atoms with van der Waals surface area (Å²) < 4.78 is 5.34. The van der Waals surface area contributed by atoms with Crippen LogP contribution in [0, 0.1) is 0 Å². The van der Waals surface area contributed by atoms with Crippen molar-refractivity contribution in [3.63, 3.8) is 0 Å². The number of carbonyl (C=O) groups is 2. The minimum Gasteiger partial charge on any atom is -0.444 e. The van der Waals surface area contributed by atoms with Crippen LogP contribution in [0.4, 0.5) is 4.79 Å². The van der Waals surface area contributed by atoms with E-state index in [4.69, 9.17) is 4.74 Å². The molecule has 1 unspecified atom stereocenters. The molecule has 1 atom stereocenters. The molecule has 2 aliphatic heterocycles. The minimum absolute atomic E-state index is 0. The van der Waals surface area contributed by atoms with Gasteiger partial charge < -0.3 is 25.2 Å². The lowest BCUT2D eigenvalue weighted by atomic mass is 10.1. The number of aliphatic imine (C=N–C) groups is 1. The number of benzene rings is 1. The molecule has 0 saturated carbocycles. The van der Waals surface area contributed by atoms with Crippen LogP contribution in [-0.4, -0.2) is 66.1 Å². The fourth-order valence-electron chi connectivity index (χ4n) is 3.98. The number of halogens is 1. The van der Waals surface area contributed by atoms with Gasteiger partial charge in [-0.3, -0.25) is 9.79 Å². The summed E-state index contributed by atoms with van der Waals surface area (Å²) in [5.74, 6) is 0.991. The molecule has 2 aliphatic rings. The molecular weight excluding hydrogens is 521 g/mol. The van der Waals surface area contributed by atoms with Gasteiger partial charge >= 0.3 is 6.09 Å². The lowest BCUT2D eigenvalue weighted by Crippen LogP contribution is -2.44. The molecule has 2 amide bonds. The highest BCUT2D eigenvalue weighted by Crippen LogP contribution is 2.22. The molecule has 2 N–H and O–H groups in total. The third-order valence-electron chi connectivity index (χ3n) is 5.46. The van der Waals surface area contributed by atoms with E-state index in [0.717, 1.165) is 25.3 Å². The number of guanidine groups is 1. The summed E-state index contributed by atoms with van der Waals surface area (Å²) in [6, 6.07) is 8.26. The predicted molar refractivity (Wildman–Crippen MR) is 136 cm³/mol. The van der Waals surface area contributed by atoms with Crippen LogP contribution in [0.5, 0.6) is 0 Å². The highest BCUT2D eigenvalue weighted by molar-refractivity contribution is 14.0. The number of fused-ring (bicyclic) bond motifs is 1. The highest BCUT2D eigenvalue weighted by atomic mass is 127. The second kappa shape index (κ2) is 11.7. The summed E-state index contributed by atoms with van der Waals surface area (Å²) in [5.41, 5.74) is 1.99. The fraction of sp³-hybridized carbons (Fsp3) is 0.609. The van der Waals surface area contributed by atoms with Crippen LogP contribution in [0.25, 0.3) is 0 Å². The van der Waals surface area contributed by atoms with Gasteiger partial charge in [0.15, 0.2) is 5.96 Å². The molecule has 0 bridgehead atoms. The number of hydrogen-bond donors (Lipinski definition) is 2. The Morgan fingerprint density at radius 1 is 1.16 bits per heavy atom. The minimum atomic E-state index is -0.505. The van der Waals surface area contributed by atoms with Gasteiger partial charge in [0.05, 0.1) is 6.04 Å². The summed E-state index contributed by atoms with van der Waals surface area (Å²) >= 11 is 0. The maximum Gasteiger partial charge on any atom is 0.407 e. The zero-order valence-corrected chi connectivity index (χ0v) is 21.8. The fourth-order valence-corrected chi connectivity index (χ4v) is 3.98. The number of nitrogens with one attached hydrogen (secondary N) is 2. The Morgan fingerprint density at radius 3 is 2.41 bits per heavy atom. The number of rotatable bonds is 5. The highest BCUT2D eigenvalue weighted by Gasteiger charge is 2.28. The Labute approximate surface area is 208 Å². The van der Waals surface area contributed by atoms with E-state index in [2.05, 4.69) is 32.7 Å². The van der Waals surface area contributed by atoms with E-state index >= 15 is 0 Å². The first-order valence-electron chi connectivity index (χ1n) is 11.0. The molecule has 0 aromatic heterocycles. The third kappa shape index (κ3) is 7.53. The summed E-state index contributed by atoms with van der Waals surface area (Å²) in [7, 11) is 1.75. The summed E-state index contributed by atoms with van der Waals surface area (Å²) in [6.45, 7) is 9.16. The first kappa shape index (κ1) is 26.2. The quantitative estimate of drug-likeness (QED) is 0.252. The molecule has 1 aromatic carbocycles. The lowest BCUT2D eigenvalue weighted by molar-refractivity contribution is -0.131. The van der Waals surface area contributed by atoms with Crippen molar-refractivity contribution < 1.29 is 14.3 Å². The second-order valence-corrected chi connectivity index (χ2v) is 9.17. The SMILES string of the molecule is CN=C(NCCCC(=O)N1Cc2ccccc2C1)N1CCC(NC(=O)OC(C)(C)C)C1.I. The van der Waals surface area contributed by atoms with Gasteiger partial charge in [0.2, 0.25) is 5.91 Å². The average Bonchev–Trinajstić information content (AvgIpc) is 3.33. The molecule has 0 aliphatic carbocycles. The van der Waals surface area contributed by atoms with E-state index in [1.165, 1.54) is 11.1 Å². The van der Waals surface area contributed by atoms with Crippen LogP contribution in [0.2, 0.25) is 0 Å². The molecule has 2 heterocycles. The molecule has 1 aromatic rings. The molecule has 9 heteroatoms. The average molecular weight is 557 g/mol. The zero-order valence-electron chi connectivity index (χ0n) is 19.5. The van der Waals surface area contributed by atoms with Crippen LogP contribution in [-0.2, 0) is 22.6 Å². The van der Waals surface area contributed by atoms with Crippen molar-refractivity contribution in [3.05, 3.63) is 35.4 Å². The van der Waals surface area contributed by atoms with Crippen LogP contribution in [0.3, 0.4) is 0 Å². The number of hydrogen-bond acceptors (Lipinski definition) is 4. The summed E-state index contributed by atoms with van der Waals surface area (Å²) in [5, 5.41) is 6.28. The molecule has 32 heavy (non-hydrogen) atoms. The Morgan fingerprint density at radius 2 is 1.81 bits per heavy atom. The van der Waals surface area contributed by atoms with Crippen LogP contribution in [0.15, 0.2) is 29.3 Å². The van der Waals surface area contributed by atoms with Crippen molar-refractivity contribution in [2.45, 2.75) is 64.8 Å². The smallest absolute Gasteiger partial charge is 0.407 e. The van der Waals surface area contributed by atoms with E-state index in [1.807, 2.05) is 37.8 Å². The molecule has 0 spiro atoms. The van der Waals surface area contributed by atoms with Crippen molar-refractivity contribution in [1.82, 2.24) is 20.4 Å². The summed E-state index contributed by atoms with van der Waals surface area (Å²) in [6.07, 6.45) is 1.72. The molecule has 8 nitrogen and oxygen atoms in total. The number of nitrogens with zero attached hydrogens (tertiary/aromatic N) is 3. The Bertz CT molecular complexity index is 799. The zero-order chi connectivity index (χ0) is 22.4. The molecule has 178 valence electrons. The maximum absolute atomic E-state index is 12.5. The molecule has 1 saturated heterocycles. The Hall–Kier alpha value is -2.04. The van der Waals surface area contributed by atoms with Gasteiger partial charge in [-0.25, -0.2) is 4.79 Å². The normalized spacial score (nSPS) is 18.1. The van der Waals surface area contributed by atoms with Crippen LogP contribution < -0.4 is 10.6 Å². The maximum atomic E-state index is 12.5. The van der Waals surface area contributed by atoms with E-state index in [9.17, 15) is 9.59 Å². The monoisotopic (exact) mass is 557 g/mol. The van der Waals surface area contributed by atoms with E-state index < -0.39 is 5.60 Å². The summed E-state index contributed by atoms with van der Waals surface area (Å²) in [4.78, 5) is 32.9. The Balaban J connectivity index is 0.00000363. The van der Waals surface area contributed by atoms with Gasteiger partial charge in [0.1, 0.15) is 5.60 Å².